The standard InChI is InChI=1S/C11H12ClNO/c12-9-4-1-3-8(7-9)11(14)10-5-2-6-13-10/h1,3-4,7,10,13H,2,5-6H2. The van der Waals surface area contributed by atoms with Gasteiger partial charge in [-0.15, -0.1) is 0 Å². The van der Waals surface area contributed by atoms with Gasteiger partial charge in [0.2, 0.25) is 0 Å². The van der Waals surface area contributed by atoms with E-state index in [2.05, 4.69) is 5.32 Å². The molecule has 74 valence electrons. The Hall–Kier alpha value is -0.860. The second-order valence-electron chi connectivity index (χ2n) is 3.52. The molecule has 1 aliphatic heterocycles. The summed E-state index contributed by atoms with van der Waals surface area (Å²) in [4.78, 5) is 11.9. The fourth-order valence-electron chi connectivity index (χ4n) is 1.75. The lowest BCUT2D eigenvalue weighted by Crippen LogP contribution is -2.30. The quantitative estimate of drug-likeness (QED) is 0.758. The largest absolute Gasteiger partial charge is 0.307 e. The van der Waals surface area contributed by atoms with Crippen LogP contribution in [0.5, 0.6) is 0 Å². The van der Waals surface area contributed by atoms with Gasteiger partial charge in [0.15, 0.2) is 5.78 Å². The number of ketones is 1. The minimum absolute atomic E-state index is 0.00605. The average molecular weight is 210 g/mol. The number of halogens is 1. The van der Waals surface area contributed by atoms with E-state index in [9.17, 15) is 4.79 Å². The highest BCUT2D eigenvalue weighted by atomic mass is 35.5. The maximum atomic E-state index is 11.9. The number of hydrogen-bond acceptors (Lipinski definition) is 2. The Labute approximate surface area is 88.3 Å². The number of Topliss-reactive ketones (excluding diaryl/α,β-unsaturated/α-hetero) is 1. The molecule has 14 heavy (non-hydrogen) atoms. The first-order chi connectivity index (χ1) is 6.77. The molecule has 1 unspecified atom stereocenters. The minimum atomic E-state index is -0.00605. The van der Waals surface area contributed by atoms with Crippen LogP contribution >= 0.6 is 11.6 Å². The molecule has 2 nitrogen and oxygen atoms in total. The van der Waals surface area contributed by atoms with Crippen LogP contribution in [0.25, 0.3) is 0 Å². The molecule has 0 amide bonds. The molecule has 1 N–H and O–H groups in total. The Morgan fingerprint density at radius 2 is 2.36 bits per heavy atom. The first-order valence-corrected chi connectivity index (χ1v) is 5.18. The maximum absolute atomic E-state index is 11.9. The summed E-state index contributed by atoms with van der Waals surface area (Å²) in [6, 6.07) is 7.12. The summed E-state index contributed by atoms with van der Waals surface area (Å²) in [6.07, 6.45) is 2.02. The molecule has 1 heterocycles. The Bertz CT molecular complexity index is 345. The van der Waals surface area contributed by atoms with Crippen LogP contribution in [-0.2, 0) is 0 Å². The molecule has 1 fully saturated rings. The van der Waals surface area contributed by atoms with E-state index in [0.29, 0.717) is 10.6 Å². The SMILES string of the molecule is O=C(c1cccc(Cl)c1)C1CCCN1. The van der Waals surface area contributed by atoms with Gasteiger partial charge in [0.1, 0.15) is 0 Å². The summed E-state index contributed by atoms with van der Waals surface area (Å²) < 4.78 is 0. The lowest BCUT2D eigenvalue weighted by molar-refractivity contribution is 0.0952. The summed E-state index contributed by atoms with van der Waals surface area (Å²) in [5.74, 6) is 0.157. The van der Waals surface area contributed by atoms with Gasteiger partial charge in [0.05, 0.1) is 6.04 Å². The van der Waals surface area contributed by atoms with Gasteiger partial charge in [-0.2, -0.15) is 0 Å². The third kappa shape index (κ3) is 1.97. The molecular weight excluding hydrogens is 198 g/mol. The number of carbonyl (C=O) groups excluding carboxylic acids is 1. The van der Waals surface area contributed by atoms with Gasteiger partial charge in [-0.1, -0.05) is 23.7 Å². The van der Waals surface area contributed by atoms with Crippen molar-refractivity contribution in [1.29, 1.82) is 0 Å². The van der Waals surface area contributed by atoms with Crippen LogP contribution in [-0.4, -0.2) is 18.4 Å². The zero-order chi connectivity index (χ0) is 9.97. The van der Waals surface area contributed by atoms with Crippen LogP contribution in [0.1, 0.15) is 23.2 Å². The van der Waals surface area contributed by atoms with Crippen LogP contribution in [0.3, 0.4) is 0 Å². The van der Waals surface area contributed by atoms with Gasteiger partial charge in [0.25, 0.3) is 0 Å². The molecule has 1 aromatic rings. The van der Waals surface area contributed by atoms with Gasteiger partial charge >= 0.3 is 0 Å². The van der Waals surface area contributed by atoms with Crippen LogP contribution in [0.2, 0.25) is 5.02 Å². The highest BCUT2D eigenvalue weighted by Gasteiger charge is 2.22. The predicted molar refractivity (Wildman–Crippen MR) is 56.8 cm³/mol. The number of carbonyl (C=O) groups is 1. The van der Waals surface area contributed by atoms with E-state index in [4.69, 9.17) is 11.6 Å². The third-order valence-electron chi connectivity index (χ3n) is 2.49. The maximum Gasteiger partial charge on any atom is 0.179 e. The van der Waals surface area contributed by atoms with Crippen molar-refractivity contribution in [2.24, 2.45) is 0 Å². The lowest BCUT2D eigenvalue weighted by Gasteiger charge is -2.08. The Balaban J connectivity index is 2.17. The average Bonchev–Trinajstić information content (AvgIpc) is 2.69. The number of benzene rings is 1. The van der Waals surface area contributed by atoms with Crippen molar-refractivity contribution < 1.29 is 4.79 Å². The van der Waals surface area contributed by atoms with Crippen molar-refractivity contribution in [1.82, 2.24) is 5.32 Å². The van der Waals surface area contributed by atoms with E-state index in [1.165, 1.54) is 0 Å². The highest BCUT2D eigenvalue weighted by Crippen LogP contribution is 2.15. The summed E-state index contributed by atoms with van der Waals surface area (Å²) in [5.41, 5.74) is 0.705. The molecular formula is C11H12ClNO. The van der Waals surface area contributed by atoms with Crippen LogP contribution in [0.15, 0.2) is 24.3 Å². The molecule has 0 spiro atoms. The summed E-state index contributed by atoms with van der Waals surface area (Å²) in [6.45, 7) is 0.941. The predicted octanol–water partition coefficient (Wildman–Crippen LogP) is 2.27. The second-order valence-corrected chi connectivity index (χ2v) is 3.96. The molecule has 1 atom stereocenters. The van der Waals surface area contributed by atoms with Gasteiger partial charge in [0, 0.05) is 10.6 Å². The monoisotopic (exact) mass is 209 g/mol. The molecule has 0 bridgehead atoms. The number of hydrogen-bond donors (Lipinski definition) is 1. The summed E-state index contributed by atoms with van der Waals surface area (Å²) in [7, 11) is 0. The molecule has 1 saturated heterocycles. The molecule has 0 aliphatic carbocycles. The molecule has 1 aromatic carbocycles. The van der Waals surface area contributed by atoms with Crippen molar-refractivity contribution in [3.05, 3.63) is 34.9 Å². The third-order valence-corrected chi connectivity index (χ3v) is 2.72. The van der Waals surface area contributed by atoms with Gasteiger partial charge in [-0.3, -0.25) is 4.79 Å². The van der Waals surface area contributed by atoms with Crippen molar-refractivity contribution in [3.8, 4) is 0 Å². The second kappa shape index (κ2) is 4.11. The molecule has 2 rings (SSSR count). The van der Waals surface area contributed by atoms with E-state index in [1.54, 1.807) is 12.1 Å². The molecule has 0 radical (unpaired) electrons. The fourth-order valence-corrected chi connectivity index (χ4v) is 1.94. The minimum Gasteiger partial charge on any atom is -0.307 e. The summed E-state index contributed by atoms with van der Waals surface area (Å²) >= 11 is 5.82. The lowest BCUT2D eigenvalue weighted by atomic mass is 10.0. The van der Waals surface area contributed by atoms with Crippen molar-refractivity contribution >= 4 is 17.4 Å². The van der Waals surface area contributed by atoms with Crippen LogP contribution in [0, 0.1) is 0 Å². The molecule has 1 aliphatic rings. The van der Waals surface area contributed by atoms with E-state index in [-0.39, 0.29) is 11.8 Å². The van der Waals surface area contributed by atoms with E-state index < -0.39 is 0 Å². The first-order valence-electron chi connectivity index (χ1n) is 4.80. The van der Waals surface area contributed by atoms with Crippen molar-refractivity contribution in [2.75, 3.05) is 6.54 Å². The van der Waals surface area contributed by atoms with Crippen molar-refractivity contribution in [2.45, 2.75) is 18.9 Å². The Morgan fingerprint density at radius 3 is 3.00 bits per heavy atom. The Morgan fingerprint density at radius 1 is 1.50 bits per heavy atom. The van der Waals surface area contributed by atoms with E-state index in [0.717, 1.165) is 19.4 Å². The summed E-state index contributed by atoms with van der Waals surface area (Å²) in [5, 5.41) is 3.80. The highest BCUT2D eigenvalue weighted by molar-refractivity contribution is 6.31. The molecule has 0 saturated carbocycles. The first kappa shape index (κ1) is 9.69. The Kier molecular flexibility index (Phi) is 2.85. The van der Waals surface area contributed by atoms with Crippen molar-refractivity contribution in [3.63, 3.8) is 0 Å². The van der Waals surface area contributed by atoms with E-state index >= 15 is 0 Å². The van der Waals surface area contributed by atoms with E-state index in [1.807, 2.05) is 12.1 Å². The zero-order valence-corrected chi connectivity index (χ0v) is 8.55. The van der Waals surface area contributed by atoms with Gasteiger partial charge in [-0.05, 0) is 31.5 Å². The topological polar surface area (TPSA) is 29.1 Å². The normalized spacial score (nSPS) is 21.1. The van der Waals surface area contributed by atoms with Crippen LogP contribution < -0.4 is 5.32 Å². The number of rotatable bonds is 2. The smallest absolute Gasteiger partial charge is 0.179 e. The van der Waals surface area contributed by atoms with Gasteiger partial charge in [-0.25, -0.2) is 0 Å². The fraction of sp³-hybridized carbons (Fsp3) is 0.364. The van der Waals surface area contributed by atoms with Gasteiger partial charge < -0.3 is 5.32 Å². The molecule has 3 heteroatoms. The van der Waals surface area contributed by atoms with Crippen LogP contribution in [0.4, 0.5) is 0 Å². The number of nitrogens with one attached hydrogen (secondary N) is 1. The zero-order valence-electron chi connectivity index (χ0n) is 7.79. The molecule has 0 aromatic heterocycles.